The maximum atomic E-state index is 12.8. The van der Waals surface area contributed by atoms with Gasteiger partial charge in [0.25, 0.3) is 5.91 Å². The Morgan fingerprint density at radius 3 is 3.08 bits per heavy atom. The quantitative estimate of drug-likeness (QED) is 0.753. The smallest absolute Gasteiger partial charge is 0.252 e. The number of fused-ring (bicyclic) bond motifs is 2. The molecule has 4 rings (SSSR count). The fraction of sp³-hybridized carbons (Fsp3) is 0.278. The Hall–Kier alpha value is -2.47. The topological polar surface area (TPSA) is 74.8 Å². The van der Waals surface area contributed by atoms with E-state index in [2.05, 4.69) is 15.3 Å². The van der Waals surface area contributed by atoms with Crippen LogP contribution >= 0.6 is 11.3 Å². The van der Waals surface area contributed by atoms with Crippen LogP contribution < -0.4 is 10.9 Å². The average Bonchev–Trinajstić information content (AvgIpc) is 2.95. The molecule has 5 nitrogen and oxygen atoms in total. The van der Waals surface area contributed by atoms with Crippen molar-refractivity contribution >= 4 is 28.1 Å². The van der Waals surface area contributed by atoms with E-state index in [1.807, 2.05) is 25.1 Å². The first-order chi connectivity index (χ1) is 11.6. The lowest BCUT2D eigenvalue weighted by Gasteiger charge is -2.22. The van der Waals surface area contributed by atoms with E-state index in [4.69, 9.17) is 0 Å². The molecule has 122 valence electrons. The standard InChI is InChI=1S/C18H17N3O2S/c1-10-19-17-14(7-4-8-15(17)24-10)21-18(23)12-9-16(22)20-13-6-3-2-5-11(12)13/h2-3,5-6,9,14H,4,7-8H2,1H3,(H,20,22)(H,21,23)/t14-/m0/s1. The monoisotopic (exact) mass is 339 g/mol. The maximum Gasteiger partial charge on any atom is 0.252 e. The molecule has 0 fully saturated rings. The molecule has 0 radical (unpaired) electrons. The number of pyridine rings is 1. The highest BCUT2D eigenvalue weighted by atomic mass is 32.1. The van der Waals surface area contributed by atoms with Crippen LogP contribution in [0.25, 0.3) is 10.9 Å². The lowest BCUT2D eigenvalue weighted by atomic mass is 9.97. The Morgan fingerprint density at radius 2 is 2.21 bits per heavy atom. The lowest BCUT2D eigenvalue weighted by Crippen LogP contribution is -2.31. The number of hydrogen-bond donors (Lipinski definition) is 2. The molecule has 1 amide bonds. The molecule has 2 heterocycles. The summed E-state index contributed by atoms with van der Waals surface area (Å²) in [6.45, 7) is 1.99. The Balaban J connectivity index is 1.70. The van der Waals surface area contributed by atoms with Crippen LogP contribution in [0.3, 0.4) is 0 Å². The van der Waals surface area contributed by atoms with Crippen molar-refractivity contribution in [1.82, 2.24) is 15.3 Å². The highest BCUT2D eigenvalue weighted by Gasteiger charge is 2.26. The van der Waals surface area contributed by atoms with E-state index in [0.717, 1.165) is 35.4 Å². The number of thiazole rings is 1. The summed E-state index contributed by atoms with van der Waals surface area (Å²) in [6, 6.07) is 8.64. The Morgan fingerprint density at radius 1 is 1.38 bits per heavy atom. The number of carbonyl (C=O) groups is 1. The van der Waals surface area contributed by atoms with E-state index in [9.17, 15) is 9.59 Å². The van der Waals surface area contributed by atoms with E-state index < -0.39 is 0 Å². The molecule has 2 aromatic heterocycles. The van der Waals surface area contributed by atoms with E-state index in [1.54, 1.807) is 17.4 Å². The highest BCUT2D eigenvalue weighted by molar-refractivity contribution is 7.11. The number of H-pyrrole nitrogens is 1. The van der Waals surface area contributed by atoms with Gasteiger partial charge in [-0.3, -0.25) is 9.59 Å². The second-order valence-electron chi connectivity index (χ2n) is 6.05. The van der Waals surface area contributed by atoms with Crippen LogP contribution in [-0.4, -0.2) is 15.9 Å². The van der Waals surface area contributed by atoms with Crippen molar-refractivity contribution in [2.75, 3.05) is 0 Å². The van der Waals surface area contributed by atoms with Crippen molar-refractivity contribution in [2.45, 2.75) is 32.2 Å². The normalized spacial score (nSPS) is 16.8. The molecule has 6 heteroatoms. The zero-order valence-electron chi connectivity index (χ0n) is 13.3. The Bertz CT molecular complexity index is 989. The van der Waals surface area contributed by atoms with Gasteiger partial charge >= 0.3 is 0 Å². The first kappa shape index (κ1) is 15.1. The number of hydrogen-bond acceptors (Lipinski definition) is 4. The van der Waals surface area contributed by atoms with Gasteiger partial charge in [-0.1, -0.05) is 18.2 Å². The van der Waals surface area contributed by atoms with E-state index in [0.29, 0.717) is 11.1 Å². The summed E-state index contributed by atoms with van der Waals surface area (Å²) < 4.78 is 0. The summed E-state index contributed by atoms with van der Waals surface area (Å²) >= 11 is 1.70. The second kappa shape index (κ2) is 5.87. The fourth-order valence-corrected chi connectivity index (χ4v) is 4.35. The molecule has 0 unspecified atom stereocenters. The predicted molar refractivity (Wildman–Crippen MR) is 94.6 cm³/mol. The molecule has 0 saturated carbocycles. The summed E-state index contributed by atoms with van der Waals surface area (Å²) in [5.74, 6) is -0.221. The number of rotatable bonds is 2. The van der Waals surface area contributed by atoms with Crippen molar-refractivity contribution < 1.29 is 4.79 Å². The molecule has 3 aromatic rings. The molecule has 0 bridgehead atoms. The summed E-state index contributed by atoms with van der Waals surface area (Å²) in [5.41, 5.74) is 1.80. The van der Waals surface area contributed by atoms with Gasteiger partial charge < -0.3 is 10.3 Å². The van der Waals surface area contributed by atoms with Gasteiger partial charge in [-0.15, -0.1) is 11.3 Å². The summed E-state index contributed by atoms with van der Waals surface area (Å²) in [4.78, 5) is 33.3. The number of nitrogens with one attached hydrogen (secondary N) is 2. The molecule has 1 aliphatic rings. The minimum Gasteiger partial charge on any atom is -0.344 e. The first-order valence-corrected chi connectivity index (χ1v) is 8.82. The van der Waals surface area contributed by atoms with Crippen molar-refractivity contribution in [3.05, 3.63) is 61.8 Å². The van der Waals surface area contributed by atoms with Crippen LogP contribution in [0.5, 0.6) is 0 Å². The molecule has 0 saturated heterocycles. The zero-order valence-corrected chi connectivity index (χ0v) is 14.1. The number of nitrogens with zero attached hydrogens (tertiary/aromatic N) is 1. The van der Waals surface area contributed by atoms with Crippen molar-refractivity contribution in [1.29, 1.82) is 0 Å². The average molecular weight is 339 g/mol. The first-order valence-electron chi connectivity index (χ1n) is 8.01. The van der Waals surface area contributed by atoms with Gasteiger partial charge in [0, 0.05) is 21.8 Å². The van der Waals surface area contributed by atoms with Crippen LogP contribution in [0.1, 0.15) is 44.8 Å². The van der Waals surface area contributed by atoms with Crippen LogP contribution in [-0.2, 0) is 6.42 Å². The Labute approximate surface area is 142 Å². The van der Waals surface area contributed by atoms with Crippen LogP contribution in [0, 0.1) is 6.92 Å². The number of benzene rings is 1. The number of amides is 1. The number of para-hydroxylation sites is 1. The van der Waals surface area contributed by atoms with Gasteiger partial charge in [0.2, 0.25) is 5.56 Å². The molecule has 0 aliphatic heterocycles. The molecule has 1 atom stereocenters. The van der Waals surface area contributed by atoms with E-state index >= 15 is 0 Å². The van der Waals surface area contributed by atoms with E-state index in [1.165, 1.54) is 10.9 Å². The van der Waals surface area contributed by atoms with Gasteiger partial charge in [0.05, 0.1) is 22.3 Å². The number of carbonyl (C=O) groups excluding carboxylic acids is 1. The number of aromatic amines is 1. The molecular formula is C18H17N3O2S. The summed E-state index contributed by atoms with van der Waals surface area (Å²) in [5, 5.41) is 4.86. The third-order valence-corrected chi connectivity index (χ3v) is 5.41. The lowest BCUT2D eigenvalue weighted by molar-refractivity contribution is 0.0933. The fourth-order valence-electron chi connectivity index (χ4n) is 3.31. The third kappa shape index (κ3) is 2.63. The highest BCUT2D eigenvalue weighted by Crippen LogP contribution is 2.33. The minimum atomic E-state index is -0.271. The van der Waals surface area contributed by atoms with Crippen LogP contribution in [0.4, 0.5) is 0 Å². The van der Waals surface area contributed by atoms with Gasteiger partial charge in [-0.05, 0) is 32.3 Å². The number of aromatic nitrogens is 2. The summed E-state index contributed by atoms with van der Waals surface area (Å²) in [7, 11) is 0. The molecular weight excluding hydrogens is 322 g/mol. The van der Waals surface area contributed by atoms with Crippen molar-refractivity contribution in [3.8, 4) is 0 Å². The van der Waals surface area contributed by atoms with E-state index in [-0.39, 0.29) is 17.5 Å². The Kier molecular flexibility index (Phi) is 3.69. The molecule has 0 spiro atoms. The third-order valence-electron chi connectivity index (χ3n) is 4.36. The van der Waals surface area contributed by atoms with Crippen molar-refractivity contribution in [3.63, 3.8) is 0 Å². The number of aryl methyl sites for hydroxylation is 2. The van der Waals surface area contributed by atoms with Gasteiger partial charge in [-0.25, -0.2) is 4.98 Å². The van der Waals surface area contributed by atoms with Crippen molar-refractivity contribution in [2.24, 2.45) is 0 Å². The molecule has 24 heavy (non-hydrogen) atoms. The van der Waals surface area contributed by atoms with Crippen LogP contribution in [0.15, 0.2) is 35.1 Å². The van der Waals surface area contributed by atoms with Gasteiger partial charge in [-0.2, -0.15) is 0 Å². The van der Waals surface area contributed by atoms with Gasteiger partial charge in [0.15, 0.2) is 0 Å². The maximum absolute atomic E-state index is 12.8. The van der Waals surface area contributed by atoms with Crippen LogP contribution in [0.2, 0.25) is 0 Å². The molecule has 1 aromatic carbocycles. The largest absolute Gasteiger partial charge is 0.344 e. The second-order valence-corrected chi connectivity index (χ2v) is 7.34. The summed E-state index contributed by atoms with van der Waals surface area (Å²) in [6.07, 6.45) is 2.94. The molecule has 1 aliphatic carbocycles. The predicted octanol–water partition coefficient (Wildman–Crippen LogP) is 3.10. The van der Waals surface area contributed by atoms with Gasteiger partial charge in [0.1, 0.15) is 0 Å². The SMILES string of the molecule is Cc1nc2c(s1)CCC[C@@H]2NC(=O)c1cc(=O)[nH]c2ccccc12. The minimum absolute atomic E-state index is 0.0794. The molecule has 2 N–H and O–H groups in total. The zero-order chi connectivity index (χ0) is 16.7.